The number of nitrogens with zero attached hydrogens (tertiary/aromatic N) is 1. The zero-order chi connectivity index (χ0) is 20.5. The van der Waals surface area contributed by atoms with Crippen LogP contribution in [0.25, 0.3) is 0 Å². The molecule has 2 aromatic carbocycles. The summed E-state index contributed by atoms with van der Waals surface area (Å²) in [7, 11) is -4.00. The van der Waals surface area contributed by atoms with Gasteiger partial charge in [-0.2, -0.15) is 21.6 Å². The lowest BCUT2D eigenvalue weighted by Gasteiger charge is -2.10. The van der Waals surface area contributed by atoms with E-state index in [1.165, 1.54) is 24.3 Å². The molecule has 1 saturated heterocycles. The number of hydrogen-bond acceptors (Lipinski definition) is 4. The van der Waals surface area contributed by atoms with Crippen molar-refractivity contribution in [2.75, 3.05) is 0 Å². The third kappa shape index (κ3) is 4.74. The van der Waals surface area contributed by atoms with Crippen molar-refractivity contribution in [3.8, 4) is 0 Å². The third-order valence-corrected chi connectivity index (χ3v) is 6.46. The molecule has 0 radical (unpaired) electrons. The fourth-order valence-corrected chi connectivity index (χ4v) is 4.73. The maximum Gasteiger partial charge on any atom is 0.416 e. The van der Waals surface area contributed by atoms with Crippen molar-refractivity contribution in [1.29, 1.82) is 0 Å². The van der Waals surface area contributed by atoms with Gasteiger partial charge in [0.1, 0.15) is 0 Å². The molecule has 28 heavy (non-hydrogen) atoms. The van der Waals surface area contributed by atoms with Gasteiger partial charge in [0, 0.05) is 0 Å². The number of rotatable bonds is 4. The Labute approximate surface area is 164 Å². The molecule has 0 aromatic heterocycles. The summed E-state index contributed by atoms with van der Waals surface area (Å²) in [6.45, 7) is 1.81. The van der Waals surface area contributed by atoms with Crippen LogP contribution in [0.5, 0.6) is 0 Å². The molecule has 5 nitrogen and oxygen atoms in total. The standard InChI is InChI=1S/C18H15F3N2O3S2/c1-11-5-7-14(8-6-11)28(25,26)23-17-22-16(24)15(27-17)10-12-3-2-4-13(9-12)18(19,20)21/h2-9,15H,10H2,1H3,(H,22,23,24). The lowest BCUT2D eigenvalue weighted by molar-refractivity contribution is -0.137. The topological polar surface area (TPSA) is 75.6 Å². The van der Waals surface area contributed by atoms with Gasteiger partial charge in [0.25, 0.3) is 10.0 Å². The van der Waals surface area contributed by atoms with Crippen molar-refractivity contribution in [1.82, 2.24) is 5.32 Å². The van der Waals surface area contributed by atoms with Crippen LogP contribution in [0.4, 0.5) is 13.2 Å². The molecule has 1 aliphatic rings. The number of amidine groups is 1. The number of alkyl halides is 3. The number of carbonyl (C=O) groups excluding carboxylic acids is 1. The molecule has 1 atom stereocenters. The van der Waals surface area contributed by atoms with Gasteiger partial charge in [-0.1, -0.05) is 47.7 Å². The first-order valence-electron chi connectivity index (χ1n) is 8.10. The maximum absolute atomic E-state index is 12.8. The second-order valence-electron chi connectivity index (χ2n) is 6.18. The molecule has 0 aliphatic carbocycles. The number of amides is 1. The number of sulfonamides is 1. The van der Waals surface area contributed by atoms with E-state index in [1.807, 2.05) is 6.92 Å². The molecule has 2 aromatic rings. The number of hydrogen-bond donors (Lipinski definition) is 1. The van der Waals surface area contributed by atoms with E-state index in [9.17, 15) is 26.4 Å². The van der Waals surface area contributed by atoms with Gasteiger partial charge in [-0.3, -0.25) is 4.79 Å². The minimum Gasteiger partial charge on any atom is -0.304 e. The van der Waals surface area contributed by atoms with E-state index in [2.05, 4.69) is 9.71 Å². The van der Waals surface area contributed by atoms with Crippen LogP contribution in [0.3, 0.4) is 0 Å². The summed E-state index contributed by atoms with van der Waals surface area (Å²) in [6.07, 6.45) is -4.46. The monoisotopic (exact) mass is 428 g/mol. The highest BCUT2D eigenvalue weighted by atomic mass is 32.2. The first-order valence-corrected chi connectivity index (χ1v) is 10.4. The summed E-state index contributed by atoms with van der Waals surface area (Å²) >= 11 is 0.881. The smallest absolute Gasteiger partial charge is 0.304 e. The van der Waals surface area contributed by atoms with Crippen molar-refractivity contribution < 1.29 is 26.4 Å². The highest BCUT2D eigenvalue weighted by molar-refractivity contribution is 8.16. The Morgan fingerprint density at radius 1 is 1.14 bits per heavy atom. The Bertz CT molecular complexity index is 1030. The van der Waals surface area contributed by atoms with E-state index >= 15 is 0 Å². The summed E-state index contributed by atoms with van der Waals surface area (Å²) in [5, 5.41) is 1.52. The lowest BCUT2D eigenvalue weighted by Crippen LogP contribution is -2.26. The highest BCUT2D eigenvalue weighted by Crippen LogP contribution is 2.31. The quantitative estimate of drug-likeness (QED) is 0.809. The minimum absolute atomic E-state index is 0.0122. The molecule has 1 N–H and O–H groups in total. The highest BCUT2D eigenvalue weighted by Gasteiger charge is 2.34. The van der Waals surface area contributed by atoms with Crippen molar-refractivity contribution in [2.24, 2.45) is 4.40 Å². The summed E-state index contributed by atoms with van der Waals surface area (Å²) in [5.74, 6) is -0.500. The normalized spacial score (nSPS) is 19.1. The number of thioether (sulfide) groups is 1. The second-order valence-corrected chi connectivity index (χ2v) is 8.98. The van der Waals surface area contributed by atoms with Gasteiger partial charge >= 0.3 is 6.18 Å². The average molecular weight is 428 g/mol. The molecule has 3 rings (SSSR count). The number of nitrogens with one attached hydrogen (secondary N) is 1. The van der Waals surface area contributed by atoms with E-state index in [4.69, 9.17) is 0 Å². The van der Waals surface area contributed by atoms with Crippen LogP contribution in [0.15, 0.2) is 57.8 Å². The van der Waals surface area contributed by atoms with Crippen LogP contribution >= 0.6 is 11.8 Å². The molecule has 148 valence electrons. The van der Waals surface area contributed by atoms with Gasteiger partial charge in [-0.25, -0.2) is 0 Å². The van der Waals surface area contributed by atoms with E-state index < -0.39 is 32.9 Å². The summed E-state index contributed by atoms with van der Waals surface area (Å²) < 4.78 is 66.8. The van der Waals surface area contributed by atoms with Gasteiger partial charge in [-0.15, -0.1) is 4.40 Å². The number of carbonyl (C=O) groups is 1. The Morgan fingerprint density at radius 2 is 1.82 bits per heavy atom. The van der Waals surface area contributed by atoms with Crippen molar-refractivity contribution in [2.45, 2.75) is 29.7 Å². The summed E-state index contributed by atoms with van der Waals surface area (Å²) in [4.78, 5) is 12.1. The van der Waals surface area contributed by atoms with Gasteiger partial charge in [0.15, 0.2) is 5.17 Å². The molecule has 0 spiro atoms. The van der Waals surface area contributed by atoms with Gasteiger partial charge in [0.05, 0.1) is 15.7 Å². The van der Waals surface area contributed by atoms with Crippen molar-refractivity contribution in [3.63, 3.8) is 0 Å². The predicted octanol–water partition coefficient (Wildman–Crippen LogP) is 3.53. The van der Waals surface area contributed by atoms with E-state index in [-0.39, 0.29) is 16.5 Å². The minimum atomic E-state index is -4.48. The molecule has 1 heterocycles. The molecule has 10 heteroatoms. The van der Waals surface area contributed by atoms with E-state index in [1.54, 1.807) is 12.1 Å². The van der Waals surface area contributed by atoms with Crippen LogP contribution in [-0.4, -0.2) is 24.7 Å². The number of aryl methyl sites for hydroxylation is 1. The van der Waals surface area contributed by atoms with Crippen molar-refractivity contribution in [3.05, 3.63) is 65.2 Å². The largest absolute Gasteiger partial charge is 0.416 e. The first-order chi connectivity index (χ1) is 13.0. The van der Waals surface area contributed by atoms with Crippen molar-refractivity contribution >= 4 is 32.9 Å². The molecule has 1 unspecified atom stereocenters. The van der Waals surface area contributed by atoms with Crippen LogP contribution in [-0.2, 0) is 27.4 Å². The molecular formula is C18H15F3N2O3S2. The number of benzene rings is 2. The molecular weight excluding hydrogens is 413 g/mol. The molecule has 1 fully saturated rings. The number of halogens is 3. The maximum atomic E-state index is 12.8. The van der Waals surface area contributed by atoms with Crippen LogP contribution < -0.4 is 5.32 Å². The fourth-order valence-electron chi connectivity index (χ4n) is 2.54. The predicted molar refractivity (Wildman–Crippen MR) is 100 cm³/mol. The van der Waals surface area contributed by atoms with Crippen LogP contribution in [0.1, 0.15) is 16.7 Å². The van der Waals surface area contributed by atoms with E-state index in [0.717, 1.165) is 29.5 Å². The summed E-state index contributed by atoms with van der Waals surface area (Å²) in [6, 6.07) is 10.8. The van der Waals surface area contributed by atoms with Crippen LogP contribution in [0, 0.1) is 6.92 Å². The van der Waals surface area contributed by atoms with Crippen LogP contribution in [0.2, 0.25) is 0 Å². The average Bonchev–Trinajstić information content (AvgIpc) is 2.93. The van der Waals surface area contributed by atoms with Gasteiger partial charge in [-0.05, 0) is 37.1 Å². The molecule has 1 amide bonds. The third-order valence-electron chi connectivity index (χ3n) is 3.97. The first kappa shape index (κ1) is 20.4. The zero-order valence-corrected chi connectivity index (χ0v) is 16.2. The fraction of sp³-hybridized carbons (Fsp3) is 0.222. The Morgan fingerprint density at radius 3 is 2.46 bits per heavy atom. The Kier molecular flexibility index (Phi) is 5.53. The van der Waals surface area contributed by atoms with E-state index in [0.29, 0.717) is 5.56 Å². The van der Waals surface area contributed by atoms with Gasteiger partial charge in [0.2, 0.25) is 5.91 Å². The molecule has 0 saturated carbocycles. The molecule has 0 bridgehead atoms. The second kappa shape index (κ2) is 7.59. The molecule has 1 aliphatic heterocycles. The summed E-state index contributed by atoms with van der Waals surface area (Å²) in [5.41, 5.74) is 0.408. The Balaban J connectivity index is 1.77. The zero-order valence-electron chi connectivity index (χ0n) is 14.5. The lowest BCUT2D eigenvalue weighted by atomic mass is 10.1. The Hall–Kier alpha value is -2.33. The van der Waals surface area contributed by atoms with Gasteiger partial charge < -0.3 is 5.32 Å². The SMILES string of the molecule is Cc1ccc(S(=O)(=O)N=C2NC(=O)C(Cc3cccc(C(F)(F)F)c3)S2)cc1.